The Morgan fingerprint density at radius 3 is 2.27 bits per heavy atom. The molecule has 0 fully saturated rings. The van der Waals surface area contributed by atoms with Gasteiger partial charge in [-0.05, 0) is 20.4 Å². The molecule has 0 heterocycles. The van der Waals surface area contributed by atoms with Crippen LogP contribution in [0.15, 0.2) is 0 Å². The van der Waals surface area contributed by atoms with Gasteiger partial charge in [0.1, 0.15) is 9.84 Å². The molecule has 6 heteroatoms. The lowest BCUT2D eigenvalue weighted by Gasteiger charge is -2.16. The van der Waals surface area contributed by atoms with Crippen LogP contribution in [-0.4, -0.2) is 48.7 Å². The molecule has 0 rings (SSSR count). The molecule has 0 aromatic rings. The Morgan fingerprint density at radius 2 is 1.87 bits per heavy atom. The van der Waals surface area contributed by atoms with Crippen molar-refractivity contribution in [1.82, 2.24) is 5.32 Å². The zero-order valence-corrected chi connectivity index (χ0v) is 11.5. The van der Waals surface area contributed by atoms with E-state index >= 15 is 0 Å². The molecule has 0 spiro atoms. The zero-order chi connectivity index (χ0) is 12.1. The number of hydrogen-bond donors (Lipinski definition) is 1. The first-order valence-corrected chi connectivity index (χ1v) is 8.42. The summed E-state index contributed by atoms with van der Waals surface area (Å²) in [5.74, 6) is 0.258. The van der Waals surface area contributed by atoms with E-state index in [0.717, 1.165) is 6.42 Å². The normalized spacial score (nSPS) is 18.4. The second-order valence-corrected chi connectivity index (χ2v) is 8.19. The molecule has 92 valence electrons. The van der Waals surface area contributed by atoms with E-state index in [1.807, 2.05) is 20.9 Å². The Bertz CT molecular complexity index is 300. The van der Waals surface area contributed by atoms with Crippen LogP contribution in [0.1, 0.15) is 20.3 Å². The molecule has 1 N–H and O–H groups in total. The van der Waals surface area contributed by atoms with Crippen LogP contribution in [-0.2, 0) is 20.6 Å². The maximum atomic E-state index is 11.7. The van der Waals surface area contributed by atoms with Crippen LogP contribution in [0.5, 0.6) is 0 Å². The van der Waals surface area contributed by atoms with Crippen LogP contribution in [0.3, 0.4) is 0 Å². The summed E-state index contributed by atoms with van der Waals surface area (Å²) >= 11 is 0. The van der Waals surface area contributed by atoms with Crippen LogP contribution < -0.4 is 5.32 Å². The fourth-order valence-electron chi connectivity index (χ4n) is 1.16. The van der Waals surface area contributed by atoms with Crippen LogP contribution in [0.4, 0.5) is 0 Å². The van der Waals surface area contributed by atoms with Gasteiger partial charge in [0.05, 0.1) is 5.75 Å². The van der Waals surface area contributed by atoms with Gasteiger partial charge in [-0.1, -0.05) is 6.92 Å². The van der Waals surface area contributed by atoms with Gasteiger partial charge < -0.3 is 5.32 Å². The number of sulfone groups is 1. The minimum atomic E-state index is -3.00. The molecular formula is C9H21NO3S2. The largest absolute Gasteiger partial charge is 0.317 e. The van der Waals surface area contributed by atoms with Crippen molar-refractivity contribution in [2.24, 2.45) is 0 Å². The first-order chi connectivity index (χ1) is 6.76. The van der Waals surface area contributed by atoms with Gasteiger partial charge in [0.25, 0.3) is 0 Å². The summed E-state index contributed by atoms with van der Waals surface area (Å²) in [6, 6.07) is 0.308. The summed E-state index contributed by atoms with van der Waals surface area (Å²) in [5, 5.41) is 3.11. The predicted octanol–water partition coefficient (Wildman–Crippen LogP) is 0.166. The summed E-state index contributed by atoms with van der Waals surface area (Å²) in [7, 11) is -2.19. The van der Waals surface area contributed by atoms with Crippen molar-refractivity contribution in [2.75, 3.05) is 24.8 Å². The average Bonchev–Trinajstić information content (AvgIpc) is 2.12. The molecule has 0 saturated heterocycles. The van der Waals surface area contributed by atoms with E-state index in [1.54, 1.807) is 0 Å². The topological polar surface area (TPSA) is 63.2 Å². The fraction of sp³-hybridized carbons (Fsp3) is 1.00. The van der Waals surface area contributed by atoms with Gasteiger partial charge in [0, 0.05) is 34.1 Å². The molecule has 3 atom stereocenters. The number of nitrogens with one attached hydrogen (secondary N) is 1. The molecule has 0 amide bonds. The minimum absolute atomic E-state index is 0.0118. The Morgan fingerprint density at radius 1 is 1.33 bits per heavy atom. The van der Waals surface area contributed by atoms with Crippen molar-refractivity contribution in [3.8, 4) is 0 Å². The molecular weight excluding hydrogens is 234 g/mol. The Hall–Kier alpha value is 0.0600. The fourth-order valence-corrected chi connectivity index (χ4v) is 3.93. The first kappa shape index (κ1) is 15.1. The Balaban J connectivity index is 4.00. The van der Waals surface area contributed by atoms with Gasteiger partial charge in [-0.2, -0.15) is 0 Å². The van der Waals surface area contributed by atoms with E-state index in [1.165, 1.54) is 6.26 Å². The van der Waals surface area contributed by atoms with E-state index in [2.05, 4.69) is 5.32 Å². The van der Waals surface area contributed by atoms with Crippen LogP contribution in [0.2, 0.25) is 0 Å². The molecule has 15 heavy (non-hydrogen) atoms. The second-order valence-electron chi connectivity index (χ2n) is 3.95. The molecule has 0 radical (unpaired) electrons. The lowest BCUT2D eigenvalue weighted by Crippen LogP contribution is -2.29. The number of rotatable bonds is 7. The third kappa shape index (κ3) is 7.93. The molecule has 0 aliphatic rings. The van der Waals surface area contributed by atoms with Crippen molar-refractivity contribution < 1.29 is 12.6 Å². The van der Waals surface area contributed by atoms with Crippen LogP contribution in [0.25, 0.3) is 0 Å². The molecule has 3 unspecified atom stereocenters. The summed E-state index contributed by atoms with van der Waals surface area (Å²) in [4.78, 5) is 0. The highest BCUT2D eigenvalue weighted by atomic mass is 32.2. The SMILES string of the molecule is CNC(C)CC(C)S(=O)CCS(C)(=O)=O. The van der Waals surface area contributed by atoms with E-state index in [-0.39, 0.29) is 16.8 Å². The third-order valence-corrected chi connectivity index (χ3v) is 5.18. The van der Waals surface area contributed by atoms with Crippen LogP contribution in [0, 0.1) is 0 Å². The zero-order valence-electron chi connectivity index (χ0n) is 9.82. The molecule has 0 aliphatic carbocycles. The number of hydrogen-bond acceptors (Lipinski definition) is 4. The standard InChI is InChI=1S/C9H21NO3S2/c1-8(10-3)7-9(2)14(11)5-6-15(4,12)13/h8-10H,5-7H2,1-4H3. The smallest absolute Gasteiger partial charge is 0.148 e. The Kier molecular flexibility index (Phi) is 6.63. The lowest BCUT2D eigenvalue weighted by atomic mass is 10.2. The monoisotopic (exact) mass is 255 g/mol. The van der Waals surface area contributed by atoms with Crippen molar-refractivity contribution in [3.05, 3.63) is 0 Å². The minimum Gasteiger partial charge on any atom is -0.317 e. The van der Waals surface area contributed by atoms with Crippen LogP contribution >= 0.6 is 0 Å². The molecule has 0 aromatic carbocycles. The van der Waals surface area contributed by atoms with Crippen molar-refractivity contribution in [3.63, 3.8) is 0 Å². The van der Waals surface area contributed by atoms with Gasteiger partial charge in [-0.15, -0.1) is 0 Å². The average molecular weight is 255 g/mol. The van der Waals surface area contributed by atoms with Gasteiger partial charge >= 0.3 is 0 Å². The van der Waals surface area contributed by atoms with Gasteiger partial charge in [0.2, 0.25) is 0 Å². The highest BCUT2D eigenvalue weighted by molar-refractivity contribution is 7.92. The first-order valence-electron chi connectivity index (χ1n) is 4.98. The maximum Gasteiger partial charge on any atom is 0.148 e. The predicted molar refractivity (Wildman–Crippen MR) is 65.3 cm³/mol. The lowest BCUT2D eigenvalue weighted by molar-refractivity contribution is 0.555. The second kappa shape index (κ2) is 6.60. The molecule has 0 saturated carbocycles. The highest BCUT2D eigenvalue weighted by Crippen LogP contribution is 2.05. The van der Waals surface area contributed by atoms with E-state index in [4.69, 9.17) is 0 Å². The molecule has 0 bridgehead atoms. The Labute approximate surface area is 95.2 Å². The van der Waals surface area contributed by atoms with Crippen molar-refractivity contribution >= 4 is 20.6 Å². The highest BCUT2D eigenvalue weighted by Gasteiger charge is 2.15. The molecule has 0 aliphatic heterocycles. The van der Waals surface area contributed by atoms with Gasteiger partial charge in [-0.25, -0.2) is 8.42 Å². The summed E-state index contributed by atoms with van der Waals surface area (Å²) in [6.45, 7) is 3.91. The molecule has 0 aromatic heterocycles. The van der Waals surface area contributed by atoms with Gasteiger partial charge in [-0.3, -0.25) is 4.21 Å². The van der Waals surface area contributed by atoms with Gasteiger partial charge in [0.15, 0.2) is 0 Å². The summed E-state index contributed by atoms with van der Waals surface area (Å²) in [5.41, 5.74) is 0. The maximum absolute atomic E-state index is 11.7. The summed E-state index contributed by atoms with van der Waals surface area (Å²) in [6.07, 6.45) is 1.97. The van der Waals surface area contributed by atoms with E-state index in [0.29, 0.717) is 6.04 Å². The molecule has 4 nitrogen and oxygen atoms in total. The quantitative estimate of drug-likeness (QED) is 0.704. The van der Waals surface area contributed by atoms with E-state index < -0.39 is 20.6 Å². The van der Waals surface area contributed by atoms with Crippen molar-refractivity contribution in [1.29, 1.82) is 0 Å². The third-order valence-electron chi connectivity index (χ3n) is 2.28. The van der Waals surface area contributed by atoms with E-state index in [9.17, 15) is 12.6 Å². The van der Waals surface area contributed by atoms with Crippen molar-refractivity contribution in [2.45, 2.75) is 31.6 Å². The summed E-state index contributed by atoms with van der Waals surface area (Å²) < 4.78 is 33.4.